The van der Waals surface area contributed by atoms with E-state index in [1.807, 2.05) is 0 Å². The maximum Gasteiger partial charge on any atom is 0.573 e. The summed E-state index contributed by atoms with van der Waals surface area (Å²) in [5, 5.41) is 0. The molecule has 0 amide bonds. The third-order valence-corrected chi connectivity index (χ3v) is 2.55. The second-order valence-corrected chi connectivity index (χ2v) is 4.01. The quantitative estimate of drug-likeness (QED) is 0.704. The Morgan fingerprint density at radius 3 is 2.00 bits per heavy atom. The highest BCUT2D eigenvalue weighted by Crippen LogP contribution is 2.43. The van der Waals surface area contributed by atoms with Crippen molar-refractivity contribution in [3.63, 3.8) is 0 Å². The summed E-state index contributed by atoms with van der Waals surface area (Å²) < 4.78 is 79.7. The lowest BCUT2D eigenvalue weighted by atomic mass is 9.98. The highest BCUT2D eigenvalue weighted by atomic mass is 19.4. The van der Waals surface area contributed by atoms with Crippen molar-refractivity contribution in [3.05, 3.63) is 54.1 Å². The lowest BCUT2D eigenvalue weighted by Gasteiger charge is -2.18. The Hall–Kier alpha value is -2.18. The van der Waals surface area contributed by atoms with Crippen molar-refractivity contribution < 1.29 is 31.1 Å². The van der Waals surface area contributed by atoms with Crippen LogP contribution in [0.3, 0.4) is 0 Å². The predicted molar refractivity (Wildman–Crippen MR) is 62.4 cm³/mol. The molecular weight excluding hydrogens is 298 g/mol. The topological polar surface area (TPSA) is 9.23 Å². The second kappa shape index (κ2) is 5.31. The van der Waals surface area contributed by atoms with Gasteiger partial charge in [0.1, 0.15) is 5.75 Å². The molecule has 0 fully saturated rings. The van der Waals surface area contributed by atoms with Crippen LogP contribution >= 0.6 is 0 Å². The van der Waals surface area contributed by atoms with Gasteiger partial charge in [-0.1, -0.05) is 30.3 Å². The standard InChI is InChI=1S/C14H7F6O/c15-13(16,17)10-7-4-8-11(21-14(18,19)20)12(10)9-5-2-1-3-6-9/h1-7H. The fourth-order valence-corrected chi connectivity index (χ4v) is 1.80. The number of alkyl halides is 6. The number of hydrogen-bond acceptors (Lipinski definition) is 1. The first-order valence-corrected chi connectivity index (χ1v) is 5.61. The van der Waals surface area contributed by atoms with E-state index in [2.05, 4.69) is 10.8 Å². The summed E-state index contributed by atoms with van der Waals surface area (Å²) in [7, 11) is 0. The number of halogens is 6. The second-order valence-electron chi connectivity index (χ2n) is 4.01. The van der Waals surface area contributed by atoms with Gasteiger partial charge in [0.05, 0.1) is 5.56 Å². The van der Waals surface area contributed by atoms with Gasteiger partial charge in [0.25, 0.3) is 0 Å². The van der Waals surface area contributed by atoms with E-state index in [0.717, 1.165) is 6.07 Å². The van der Waals surface area contributed by atoms with Gasteiger partial charge in [-0.3, -0.25) is 0 Å². The Morgan fingerprint density at radius 1 is 0.857 bits per heavy atom. The molecule has 0 unspecified atom stereocenters. The van der Waals surface area contributed by atoms with Gasteiger partial charge >= 0.3 is 12.5 Å². The highest BCUT2D eigenvalue weighted by molar-refractivity contribution is 5.74. The van der Waals surface area contributed by atoms with E-state index < -0.39 is 29.4 Å². The Kier molecular flexibility index (Phi) is 3.85. The molecule has 0 saturated heterocycles. The molecule has 21 heavy (non-hydrogen) atoms. The Balaban J connectivity index is 2.67. The van der Waals surface area contributed by atoms with Crippen LogP contribution in [0.4, 0.5) is 26.3 Å². The number of benzene rings is 2. The monoisotopic (exact) mass is 305 g/mol. The third-order valence-electron chi connectivity index (χ3n) is 2.55. The molecule has 0 atom stereocenters. The van der Waals surface area contributed by atoms with Gasteiger partial charge in [-0.05, 0) is 17.7 Å². The minimum atomic E-state index is -5.11. The van der Waals surface area contributed by atoms with Crippen molar-refractivity contribution in [2.45, 2.75) is 12.5 Å². The Morgan fingerprint density at radius 2 is 1.48 bits per heavy atom. The minimum absolute atomic E-state index is 0.0408. The summed E-state index contributed by atoms with van der Waals surface area (Å²) >= 11 is 0. The van der Waals surface area contributed by atoms with Crippen LogP contribution in [0.25, 0.3) is 11.1 Å². The van der Waals surface area contributed by atoms with E-state index in [1.54, 1.807) is 0 Å². The van der Waals surface area contributed by atoms with Crippen molar-refractivity contribution >= 4 is 0 Å². The van der Waals surface area contributed by atoms with E-state index in [4.69, 9.17) is 0 Å². The largest absolute Gasteiger partial charge is 0.573 e. The SMILES string of the molecule is FC(F)(F)Oc1[c]ccc(C(F)(F)F)c1-c1ccccc1. The molecule has 0 heterocycles. The van der Waals surface area contributed by atoms with E-state index >= 15 is 0 Å². The zero-order valence-corrected chi connectivity index (χ0v) is 10.2. The van der Waals surface area contributed by atoms with E-state index in [-0.39, 0.29) is 5.56 Å². The van der Waals surface area contributed by atoms with Gasteiger partial charge < -0.3 is 4.74 Å². The van der Waals surface area contributed by atoms with Crippen molar-refractivity contribution in [2.24, 2.45) is 0 Å². The van der Waals surface area contributed by atoms with Gasteiger partial charge in [-0.25, -0.2) is 0 Å². The predicted octanol–water partition coefficient (Wildman–Crippen LogP) is 5.07. The zero-order chi connectivity index (χ0) is 15.7. The van der Waals surface area contributed by atoms with Crippen LogP contribution in [-0.4, -0.2) is 6.36 Å². The van der Waals surface area contributed by atoms with E-state index in [1.165, 1.54) is 30.3 Å². The molecule has 2 rings (SSSR count). The van der Waals surface area contributed by atoms with Crippen LogP contribution in [0, 0.1) is 6.07 Å². The Bertz CT molecular complexity index is 616. The minimum Gasteiger partial charge on any atom is -0.404 e. The molecule has 1 radical (unpaired) electrons. The summed E-state index contributed by atoms with van der Waals surface area (Å²) in [5.74, 6) is -1.01. The van der Waals surface area contributed by atoms with Crippen LogP contribution < -0.4 is 4.74 Å². The smallest absolute Gasteiger partial charge is 0.404 e. The maximum absolute atomic E-state index is 13.0. The first kappa shape index (κ1) is 15.2. The van der Waals surface area contributed by atoms with E-state index in [0.29, 0.717) is 6.07 Å². The average Bonchev–Trinajstić information content (AvgIpc) is 2.36. The molecule has 0 spiro atoms. The molecule has 2 aromatic rings. The summed E-state index contributed by atoms with van der Waals surface area (Å²) in [6, 6.07) is 10.4. The zero-order valence-electron chi connectivity index (χ0n) is 10.2. The van der Waals surface area contributed by atoms with Gasteiger partial charge in [-0.2, -0.15) is 13.2 Å². The summed E-state index contributed by atoms with van der Waals surface area (Å²) in [5.41, 5.74) is -1.95. The molecule has 0 bridgehead atoms. The van der Waals surface area contributed by atoms with Gasteiger partial charge in [0, 0.05) is 11.6 Å². The maximum atomic E-state index is 13.0. The van der Waals surface area contributed by atoms with Crippen LogP contribution in [-0.2, 0) is 6.18 Å². The Labute approximate surface area is 115 Å². The average molecular weight is 305 g/mol. The first-order valence-electron chi connectivity index (χ1n) is 5.61. The molecular formula is C14H7F6O. The molecule has 0 aliphatic heterocycles. The van der Waals surface area contributed by atoms with Crippen LogP contribution in [0.15, 0.2) is 42.5 Å². The molecule has 111 valence electrons. The molecule has 0 aliphatic carbocycles. The molecule has 0 saturated carbocycles. The van der Waals surface area contributed by atoms with Crippen LogP contribution in [0.2, 0.25) is 0 Å². The normalized spacial score (nSPS) is 12.3. The molecule has 0 aliphatic rings. The summed E-state index contributed by atoms with van der Waals surface area (Å²) in [4.78, 5) is 0. The van der Waals surface area contributed by atoms with Crippen molar-refractivity contribution in [1.82, 2.24) is 0 Å². The number of ether oxygens (including phenoxy) is 1. The highest BCUT2D eigenvalue weighted by Gasteiger charge is 2.38. The van der Waals surface area contributed by atoms with Crippen LogP contribution in [0.1, 0.15) is 5.56 Å². The van der Waals surface area contributed by atoms with Crippen molar-refractivity contribution in [1.29, 1.82) is 0 Å². The lowest BCUT2D eigenvalue weighted by molar-refractivity contribution is -0.274. The van der Waals surface area contributed by atoms with Crippen molar-refractivity contribution in [3.8, 4) is 16.9 Å². The van der Waals surface area contributed by atoms with Crippen molar-refractivity contribution in [2.75, 3.05) is 0 Å². The molecule has 0 N–H and O–H groups in total. The van der Waals surface area contributed by atoms with Crippen LogP contribution in [0.5, 0.6) is 5.75 Å². The molecule has 0 aromatic heterocycles. The van der Waals surface area contributed by atoms with Gasteiger partial charge in [0.2, 0.25) is 0 Å². The summed E-state index contributed by atoms with van der Waals surface area (Å²) in [6.07, 6.45) is -9.92. The summed E-state index contributed by atoms with van der Waals surface area (Å²) in [6.45, 7) is 0. The number of hydrogen-bond donors (Lipinski definition) is 0. The van der Waals surface area contributed by atoms with Gasteiger partial charge in [0.15, 0.2) is 0 Å². The fourth-order valence-electron chi connectivity index (χ4n) is 1.80. The fraction of sp³-hybridized carbons (Fsp3) is 0.143. The molecule has 1 nitrogen and oxygen atoms in total. The number of rotatable bonds is 2. The molecule has 2 aromatic carbocycles. The van der Waals surface area contributed by atoms with Gasteiger partial charge in [-0.15, -0.1) is 13.2 Å². The lowest BCUT2D eigenvalue weighted by Crippen LogP contribution is -2.19. The van der Waals surface area contributed by atoms with E-state index in [9.17, 15) is 26.3 Å². The third kappa shape index (κ3) is 3.68. The molecule has 7 heteroatoms. The first-order chi connectivity index (χ1) is 9.68.